The van der Waals surface area contributed by atoms with E-state index in [1.165, 1.54) is 0 Å². The van der Waals surface area contributed by atoms with Crippen LogP contribution in [-0.2, 0) is 30.4 Å². The zero-order chi connectivity index (χ0) is 13.6. The van der Waals surface area contributed by atoms with Gasteiger partial charge < -0.3 is 30.3 Å². The Balaban J connectivity index is 0. The first-order chi connectivity index (χ1) is 8.97. The topological polar surface area (TPSA) is 81.1 Å². The molecule has 0 aliphatic carbocycles. The smallest absolute Gasteiger partial charge is 0.999 e. The van der Waals surface area contributed by atoms with Crippen LogP contribution in [0.5, 0.6) is 0 Å². The van der Waals surface area contributed by atoms with Crippen LogP contribution in [0.2, 0.25) is 0 Å². The minimum absolute atomic E-state index is 0. The van der Waals surface area contributed by atoms with Crippen LogP contribution >= 0.6 is 0 Å². The number of hydrogen-bond donors (Lipinski definition) is 1. The molecule has 6 heteroatoms. The summed E-state index contributed by atoms with van der Waals surface area (Å²) < 4.78 is 15.0. The predicted octanol–water partition coefficient (Wildman–Crippen LogP) is 1.42. The molecule has 1 aliphatic rings. The largest absolute Gasteiger partial charge is 2.00 e. The van der Waals surface area contributed by atoms with Crippen molar-refractivity contribution in [2.45, 2.75) is 0 Å². The van der Waals surface area contributed by atoms with Crippen LogP contribution in [-0.4, -0.2) is 0 Å². The van der Waals surface area contributed by atoms with Gasteiger partial charge in [-0.1, -0.05) is 17.2 Å². The molecule has 0 fully saturated rings. The van der Waals surface area contributed by atoms with Gasteiger partial charge in [-0.3, -0.25) is 0 Å². The maximum absolute atomic E-state index is 7.50. The summed E-state index contributed by atoms with van der Waals surface area (Å²) in [5.41, 5.74) is 3.84. The van der Waals surface area contributed by atoms with Gasteiger partial charge in [0.1, 0.15) is 0 Å². The van der Waals surface area contributed by atoms with Crippen molar-refractivity contribution in [3.8, 4) is 0 Å². The number of nitrogens with two attached hydrogens (primary N) is 1. The van der Waals surface area contributed by atoms with E-state index in [0.717, 1.165) is 11.4 Å². The van der Waals surface area contributed by atoms with E-state index in [1.54, 1.807) is 11.5 Å². The second-order valence-corrected chi connectivity index (χ2v) is 2.59. The molecule has 2 N–H and O–H groups in total. The van der Waals surface area contributed by atoms with Crippen molar-refractivity contribution in [3.63, 3.8) is 0 Å². The molecule has 0 saturated heterocycles. The maximum Gasteiger partial charge on any atom is 2.00 e. The molecule has 19 heavy (non-hydrogen) atoms. The second-order valence-electron chi connectivity index (χ2n) is 2.59. The van der Waals surface area contributed by atoms with Gasteiger partial charge in [0.15, 0.2) is 11.4 Å². The Morgan fingerprint density at radius 3 is 2.11 bits per heavy atom. The van der Waals surface area contributed by atoms with Crippen molar-refractivity contribution < 1.29 is 35.8 Å². The fraction of sp³-hybridized carbons (Fsp3) is 0. The Kier molecular flexibility index (Phi) is 14.8. The third kappa shape index (κ3) is 8.09. The Bertz CT molecular complexity index is 470. The number of quaternary nitrogens is 1. The van der Waals surface area contributed by atoms with Crippen molar-refractivity contribution in [1.82, 2.24) is 0 Å². The zero-order valence-electron chi connectivity index (χ0n) is 9.58. The van der Waals surface area contributed by atoms with Gasteiger partial charge >= 0.3 is 43.7 Å². The average molecular weight is 333 g/mol. The number of rotatable bonds is 0. The number of hydrogen-bond acceptors (Lipinski definition) is 2. The molecule has 0 spiro atoms. The summed E-state index contributed by atoms with van der Waals surface area (Å²) in [7, 11) is 0. The van der Waals surface area contributed by atoms with E-state index in [-0.39, 0.29) is 21.1 Å². The van der Waals surface area contributed by atoms with Gasteiger partial charge in [-0.25, -0.2) is 0 Å². The molecule has 0 atom stereocenters. The molecule has 94 valence electrons. The van der Waals surface area contributed by atoms with Gasteiger partial charge in [-0.15, -0.1) is 0 Å². The summed E-state index contributed by atoms with van der Waals surface area (Å²) in [6.45, 7) is 9.00. The third-order valence-corrected chi connectivity index (χ3v) is 1.65. The van der Waals surface area contributed by atoms with E-state index in [4.69, 9.17) is 9.30 Å². The molecule has 0 saturated carbocycles. The standard InChI is InChI=1S/C6H5N3.C5H.2CO.Mo/c1-2-4-6-5(3-1)7-9-8-6;1-2-4-5-3-1;2*1-2;/h1-4H,(H,7,8,9);1H;;;/q;-5;;;+2/p+1. The van der Waals surface area contributed by atoms with Crippen molar-refractivity contribution in [2.75, 3.05) is 0 Å². The average Bonchev–Trinajstić information content (AvgIpc) is 3.17. The molecular formula is C13H7MoN3O2-2. The normalized spacial score (nSPS) is 8.84. The molecule has 5 nitrogen and oxygen atoms in total. The first-order valence-electron chi connectivity index (χ1n) is 4.53. The van der Waals surface area contributed by atoms with Crippen LogP contribution in [0.3, 0.4) is 0 Å². The monoisotopic (exact) mass is 335 g/mol. The Hall–Kier alpha value is -1.70. The molecule has 0 bridgehead atoms. The first-order valence-corrected chi connectivity index (χ1v) is 4.53. The molecule has 0 aromatic heterocycles. The molecule has 2 aromatic rings. The van der Waals surface area contributed by atoms with Crippen LogP contribution in [0.25, 0.3) is 0 Å². The van der Waals surface area contributed by atoms with Gasteiger partial charge in [-0.2, -0.15) is 5.43 Å². The van der Waals surface area contributed by atoms with Gasteiger partial charge in [0.25, 0.3) is 0 Å². The van der Waals surface area contributed by atoms with Crippen molar-refractivity contribution in [1.29, 1.82) is 0 Å². The Labute approximate surface area is 125 Å². The zero-order valence-corrected chi connectivity index (χ0v) is 11.6. The van der Waals surface area contributed by atoms with E-state index in [0.29, 0.717) is 0 Å². The molecule has 1 aliphatic heterocycles. The van der Waals surface area contributed by atoms with E-state index in [2.05, 4.69) is 47.9 Å². The molecule has 2 aromatic carbocycles. The number of nitrogens with zero attached hydrogens (tertiary/aromatic N) is 2. The molecule has 0 unspecified atom stereocenters. The molecule has 3 rings (SSSR count). The van der Waals surface area contributed by atoms with Gasteiger partial charge in [0, 0.05) is 11.3 Å². The van der Waals surface area contributed by atoms with E-state index < -0.39 is 0 Å². The van der Waals surface area contributed by atoms with Crippen molar-refractivity contribution >= 4 is 11.4 Å². The first kappa shape index (κ1) is 19.6. The van der Waals surface area contributed by atoms with Crippen molar-refractivity contribution in [2.24, 2.45) is 10.3 Å². The van der Waals surface area contributed by atoms with Crippen LogP contribution in [0.1, 0.15) is 0 Å². The summed E-state index contributed by atoms with van der Waals surface area (Å²) in [6, 6.07) is 19.9. The fourth-order valence-electron chi connectivity index (χ4n) is 1.02. The third-order valence-electron chi connectivity index (χ3n) is 1.65. The molecule has 0 radical (unpaired) electrons. The van der Waals surface area contributed by atoms with Gasteiger partial charge in [0.05, 0.1) is 0 Å². The molecule has 0 amide bonds. The van der Waals surface area contributed by atoms with Gasteiger partial charge in [-0.05, 0) is 6.07 Å². The van der Waals surface area contributed by atoms with E-state index in [9.17, 15) is 0 Å². The Morgan fingerprint density at radius 2 is 1.63 bits per heavy atom. The van der Waals surface area contributed by atoms with Gasteiger partial charge in [0.2, 0.25) is 0 Å². The Morgan fingerprint density at radius 1 is 1.05 bits per heavy atom. The number of benzene rings is 1. The fourth-order valence-corrected chi connectivity index (χ4v) is 1.02. The summed E-state index contributed by atoms with van der Waals surface area (Å²) >= 11 is 0. The van der Waals surface area contributed by atoms with Crippen LogP contribution < -0.4 is 5.43 Å². The van der Waals surface area contributed by atoms with Crippen LogP contribution in [0, 0.1) is 37.6 Å². The van der Waals surface area contributed by atoms with E-state index in [1.807, 2.05) is 24.3 Å². The second kappa shape index (κ2) is 14.4. The van der Waals surface area contributed by atoms with Crippen molar-refractivity contribution in [3.05, 3.63) is 67.9 Å². The number of fused-ring (bicyclic) bond motifs is 1. The summed E-state index contributed by atoms with van der Waals surface area (Å²) in [6.07, 6.45) is 0. The quantitative estimate of drug-likeness (QED) is 0.249. The summed E-state index contributed by atoms with van der Waals surface area (Å²) in [5, 5.41) is 7.62. The maximum atomic E-state index is 7.50. The van der Waals surface area contributed by atoms with Crippen LogP contribution in [0.4, 0.5) is 11.4 Å². The predicted molar refractivity (Wildman–Crippen MR) is 57.8 cm³/mol. The molecular weight excluding hydrogens is 326 g/mol. The molecule has 1 heterocycles. The summed E-state index contributed by atoms with van der Waals surface area (Å²) in [5.74, 6) is 0. The minimum Gasteiger partial charge on any atom is -0.999 e. The summed E-state index contributed by atoms with van der Waals surface area (Å²) in [4.78, 5) is 0. The SMILES string of the molecule is [C-]#[O+].[C-]#[O+].[Mo+2].[c-]1[c-][c-][cH-][c-]1.c1ccc2c(c1)N=N[NH2+]2. The van der Waals surface area contributed by atoms with Crippen LogP contribution in [0.15, 0.2) is 40.7 Å². The van der Waals surface area contributed by atoms with E-state index >= 15 is 0 Å². The minimum atomic E-state index is 0.